The maximum Gasteiger partial charge on any atom is 0.237 e. The number of nitrogen functional groups attached to an aromatic ring is 1. The summed E-state index contributed by atoms with van der Waals surface area (Å²) >= 11 is 1.48. The van der Waals surface area contributed by atoms with Gasteiger partial charge in [0.25, 0.3) is 0 Å². The number of carbonyl (C=O) groups excluding carboxylic acids is 1. The highest BCUT2D eigenvalue weighted by atomic mass is 32.1. The molecular weight excluding hydrogens is 304 g/mol. The summed E-state index contributed by atoms with van der Waals surface area (Å²) in [5.74, 6) is -0.598. The summed E-state index contributed by atoms with van der Waals surface area (Å²) in [7, 11) is 1.91. The summed E-state index contributed by atoms with van der Waals surface area (Å²) in [6, 6.07) is 1.58. The largest absolute Gasteiger partial charge is 0.384 e. The van der Waals surface area contributed by atoms with E-state index < -0.39 is 5.79 Å². The molecule has 1 amide bonds. The fourth-order valence-corrected chi connectivity index (χ4v) is 3.73. The van der Waals surface area contributed by atoms with Crippen LogP contribution in [-0.2, 0) is 20.8 Å². The molecule has 0 radical (unpaired) electrons. The number of likely N-dealkylation sites (N-methyl/N-ethyl adjacent to an activating group) is 1. The van der Waals surface area contributed by atoms with E-state index in [0.29, 0.717) is 38.3 Å². The number of rotatable bonds is 4. The normalized spacial score (nSPS) is 24.0. The van der Waals surface area contributed by atoms with E-state index in [4.69, 9.17) is 20.6 Å². The maximum absolute atomic E-state index is 12.4. The van der Waals surface area contributed by atoms with Crippen molar-refractivity contribution < 1.29 is 14.3 Å². The molecule has 0 bridgehead atoms. The number of amides is 1. The number of carbonyl (C=O) groups is 1. The van der Waals surface area contributed by atoms with Gasteiger partial charge in [-0.3, -0.25) is 15.1 Å². The fraction of sp³-hybridized carbons (Fsp3) is 0.571. The van der Waals surface area contributed by atoms with Gasteiger partial charge in [-0.05, 0) is 13.1 Å². The van der Waals surface area contributed by atoms with Crippen LogP contribution >= 0.6 is 11.3 Å². The van der Waals surface area contributed by atoms with E-state index in [-0.39, 0.29) is 17.8 Å². The average Bonchev–Trinajstić information content (AvgIpc) is 3.18. The Balaban J connectivity index is 1.56. The molecule has 3 heterocycles. The molecule has 0 aliphatic carbocycles. The van der Waals surface area contributed by atoms with Crippen LogP contribution in [0.1, 0.15) is 16.9 Å². The maximum atomic E-state index is 12.4. The molecule has 4 N–H and O–H groups in total. The summed E-state index contributed by atoms with van der Waals surface area (Å²) in [6.07, 6.45) is 0.554. The second-order valence-corrected chi connectivity index (χ2v) is 6.67. The predicted octanol–water partition coefficient (Wildman–Crippen LogP) is 0.0956. The molecular formula is C14H20N4O3S. The number of hydrogen-bond donors (Lipinski definition) is 3. The van der Waals surface area contributed by atoms with Crippen molar-refractivity contribution in [3.05, 3.63) is 21.9 Å². The molecule has 2 fully saturated rings. The number of nitrogens with two attached hydrogens (primary N) is 1. The highest BCUT2D eigenvalue weighted by molar-refractivity contribution is 7.10. The molecule has 22 heavy (non-hydrogen) atoms. The Morgan fingerprint density at radius 3 is 2.95 bits per heavy atom. The van der Waals surface area contributed by atoms with Crippen molar-refractivity contribution in [2.75, 3.05) is 26.8 Å². The molecule has 7 nitrogen and oxygen atoms in total. The molecule has 8 heteroatoms. The van der Waals surface area contributed by atoms with E-state index in [9.17, 15) is 4.79 Å². The van der Waals surface area contributed by atoms with Gasteiger partial charge in [0.2, 0.25) is 5.91 Å². The molecule has 3 rings (SSSR count). The average molecular weight is 324 g/mol. The summed E-state index contributed by atoms with van der Waals surface area (Å²) in [4.78, 5) is 15.3. The molecule has 2 saturated heterocycles. The van der Waals surface area contributed by atoms with Crippen LogP contribution < -0.4 is 11.1 Å². The number of nitrogens with zero attached hydrogens (tertiary/aromatic N) is 1. The van der Waals surface area contributed by atoms with E-state index in [2.05, 4.69) is 5.32 Å². The van der Waals surface area contributed by atoms with Crippen LogP contribution in [0.15, 0.2) is 11.4 Å². The zero-order valence-electron chi connectivity index (χ0n) is 12.4. The number of hydrogen-bond acceptors (Lipinski definition) is 6. The van der Waals surface area contributed by atoms with Crippen LogP contribution in [0.2, 0.25) is 0 Å². The highest BCUT2D eigenvalue weighted by Gasteiger charge is 2.49. The Hall–Kier alpha value is -1.48. The number of amidine groups is 1. The Morgan fingerprint density at radius 1 is 1.59 bits per heavy atom. The third kappa shape index (κ3) is 3.00. The monoisotopic (exact) mass is 324 g/mol. The Bertz CT molecular complexity index is 582. The minimum atomic E-state index is -0.610. The lowest BCUT2D eigenvalue weighted by Crippen LogP contribution is -2.40. The van der Waals surface area contributed by atoms with Crippen LogP contribution in [0.5, 0.6) is 0 Å². The van der Waals surface area contributed by atoms with E-state index in [1.165, 1.54) is 11.3 Å². The molecule has 1 unspecified atom stereocenters. The van der Waals surface area contributed by atoms with E-state index in [1.807, 2.05) is 23.4 Å². The van der Waals surface area contributed by atoms with Crippen LogP contribution in [0, 0.1) is 5.41 Å². The molecule has 2 aliphatic rings. The minimum absolute atomic E-state index is 0.0312. The first-order chi connectivity index (χ1) is 10.5. The Kier molecular flexibility index (Phi) is 4.18. The summed E-state index contributed by atoms with van der Waals surface area (Å²) < 4.78 is 11.3. The van der Waals surface area contributed by atoms with E-state index >= 15 is 0 Å². The summed E-state index contributed by atoms with van der Waals surface area (Å²) in [5.41, 5.74) is 6.13. The highest BCUT2D eigenvalue weighted by Crippen LogP contribution is 2.33. The van der Waals surface area contributed by atoms with Gasteiger partial charge in [0, 0.05) is 22.2 Å². The first-order valence-electron chi connectivity index (χ1n) is 7.17. The predicted molar refractivity (Wildman–Crippen MR) is 82.9 cm³/mol. The van der Waals surface area contributed by atoms with Gasteiger partial charge in [-0.2, -0.15) is 0 Å². The number of nitrogens with one attached hydrogen (secondary N) is 2. The molecule has 2 aliphatic heterocycles. The SMILES string of the molecule is CN1CC2(CC1C(=O)NCc1cc(C(=N)N)cs1)OCCO2. The number of ether oxygens (including phenoxy) is 2. The van der Waals surface area contributed by atoms with Crippen molar-refractivity contribution in [2.24, 2.45) is 5.73 Å². The smallest absolute Gasteiger partial charge is 0.237 e. The van der Waals surface area contributed by atoms with Crippen LogP contribution in [0.25, 0.3) is 0 Å². The Labute approximate surface area is 132 Å². The van der Waals surface area contributed by atoms with Gasteiger partial charge in [0.1, 0.15) is 5.84 Å². The lowest BCUT2D eigenvalue weighted by Gasteiger charge is -2.20. The van der Waals surface area contributed by atoms with Crippen LogP contribution in [0.3, 0.4) is 0 Å². The van der Waals surface area contributed by atoms with Crippen molar-refractivity contribution in [1.82, 2.24) is 10.2 Å². The van der Waals surface area contributed by atoms with Crippen LogP contribution in [-0.4, -0.2) is 55.3 Å². The van der Waals surface area contributed by atoms with E-state index in [0.717, 1.165) is 4.88 Å². The standard InChI is InChI=1S/C14H20N4O3S/c1-18-8-14(20-2-3-21-14)5-11(18)13(19)17-6-10-4-9(7-22-10)12(15)16/h4,7,11H,2-3,5-6,8H2,1H3,(H3,15,16)(H,17,19). The van der Waals surface area contributed by atoms with E-state index in [1.54, 1.807) is 0 Å². The van der Waals surface area contributed by atoms with Gasteiger partial charge >= 0.3 is 0 Å². The zero-order chi connectivity index (χ0) is 15.7. The van der Waals surface area contributed by atoms with Crippen molar-refractivity contribution in [3.8, 4) is 0 Å². The quantitative estimate of drug-likeness (QED) is 0.538. The van der Waals surface area contributed by atoms with Crippen molar-refractivity contribution in [2.45, 2.75) is 24.8 Å². The molecule has 0 saturated carbocycles. The van der Waals surface area contributed by atoms with Crippen molar-refractivity contribution in [3.63, 3.8) is 0 Å². The molecule has 120 valence electrons. The molecule has 1 spiro atoms. The zero-order valence-corrected chi connectivity index (χ0v) is 13.2. The first-order valence-corrected chi connectivity index (χ1v) is 8.05. The second kappa shape index (κ2) is 5.96. The molecule has 1 aromatic heterocycles. The number of thiophene rings is 1. The topological polar surface area (TPSA) is 101 Å². The lowest BCUT2D eigenvalue weighted by molar-refractivity contribution is -0.146. The molecule has 1 aromatic rings. The van der Waals surface area contributed by atoms with Crippen LogP contribution in [0.4, 0.5) is 0 Å². The van der Waals surface area contributed by atoms with Gasteiger partial charge in [0.05, 0.1) is 32.3 Å². The van der Waals surface area contributed by atoms with Gasteiger partial charge in [-0.25, -0.2) is 0 Å². The van der Waals surface area contributed by atoms with Gasteiger partial charge in [-0.1, -0.05) is 0 Å². The third-order valence-electron chi connectivity index (χ3n) is 4.04. The summed E-state index contributed by atoms with van der Waals surface area (Å²) in [6.45, 7) is 2.23. The van der Waals surface area contributed by atoms with Gasteiger partial charge in [-0.15, -0.1) is 11.3 Å². The fourth-order valence-electron chi connectivity index (χ4n) is 2.91. The molecule has 1 atom stereocenters. The minimum Gasteiger partial charge on any atom is -0.384 e. The lowest BCUT2D eigenvalue weighted by atomic mass is 10.1. The Morgan fingerprint density at radius 2 is 2.32 bits per heavy atom. The summed E-state index contributed by atoms with van der Waals surface area (Å²) in [5, 5.41) is 12.1. The van der Waals surface area contributed by atoms with Gasteiger partial charge < -0.3 is 20.5 Å². The third-order valence-corrected chi connectivity index (χ3v) is 4.98. The van der Waals surface area contributed by atoms with Gasteiger partial charge in [0.15, 0.2) is 5.79 Å². The second-order valence-electron chi connectivity index (χ2n) is 5.68. The molecule has 0 aromatic carbocycles. The first kappa shape index (κ1) is 15.4. The van der Waals surface area contributed by atoms with Crippen molar-refractivity contribution >= 4 is 23.1 Å². The van der Waals surface area contributed by atoms with Crippen molar-refractivity contribution in [1.29, 1.82) is 5.41 Å². The number of likely N-dealkylation sites (tertiary alicyclic amines) is 1.